The number of alkyl halides is 4. The second-order valence-corrected chi connectivity index (χ2v) is 20.1. The maximum atomic E-state index is 17.8. The molecule has 0 radical (unpaired) electrons. The first kappa shape index (κ1) is 47.4. The Morgan fingerprint density at radius 2 is 1.54 bits per heavy atom. The van der Waals surface area contributed by atoms with Gasteiger partial charge in [0.25, 0.3) is 0 Å². The first-order valence-corrected chi connectivity index (χ1v) is 23.2. The van der Waals surface area contributed by atoms with E-state index in [1.807, 2.05) is 34.1 Å². The Morgan fingerprint density at radius 1 is 0.897 bits per heavy atom. The molecule has 4 fully saturated rings. The van der Waals surface area contributed by atoms with Crippen molar-refractivity contribution in [2.75, 3.05) is 69.9 Å². The predicted octanol–water partition coefficient (Wildman–Crippen LogP) is 10.4. The fourth-order valence-electron chi connectivity index (χ4n) is 10.4. The third-order valence-corrected chi connectivity index (χ3v) is 13.9. The SMILES string of the molecule is COc1ccc(CN(Cc2ccc(OC)cc2)c2cc(C)c(C(F)(F)F)c(-c3c(Cl)cc4c(N5CCC6(CN(C(=O)OC(C)(C)C)C6)C5)nc(OC[C@]56CCCN5C[C@H](F)C6)nc4c3F)n2)cc1. The van der Waals surface area contributed by atoms with Crippen LogP contribution < -0.4 is 24.0 Å². The summed E-state index contributed by atoms with van der Waals surface area (Å²) in [5.74, 6) is 0.553. The Hall–Kier alpha value is -5.68. The van der Waals surface area contributed by atoms with Gasteiger partial charge in [0.15, 0.2) is 5.82 Å². The van der Waals surface area contributed by atoms with Crippen molar-refractivity contribution in [2.24, 2.45) is 5.41 Å². The van der Waals surface area contributed by atoms with E-state index in [9.17, 15) is 9.18 Å². The maximum Gasteiger partial charge on any atom is 0.418 e. The number of rotatable bonds is 12. The molecule has 18 heteroatoms. The van der Waals surface area contributed by atoms with Crippen LogP contribution in [0.4, 0.5) is 38.4 Å². The third-order valence-electron chi connectivity index (χ3n) is 13.6. The van der Waals surface area contributed by atoms with Crippen LogP contribution in [-0.2, 0) is 24.0 Å². The lowest BCUT2D eigenvalue weighted by molar-refractivity contribution is -0.137. The number of halogens is 6. The van der Waals surface area contributed by atoms with Gasteiger partial charge in [-0.05, 0) is 107 Å². The molecule has 9 rings (SSSR count). The Kier molecular flexibility index (Phi) is 12.5. The minimum Gasteiger partial charge on any atom is -0.497 e. The molecule has 4 saturated heterocycles. The number of carbonyl (C=O) groups is 1. The summed E-state index contributed by atoms with van der Waals surface area (Å²) in [5, 5.41) is -0.162. The molecule has 1 spiro atoms. The van der Waals surface area contributed by atoms with Crippen LogP contribution in [0.3, 0.4) is 0 Å². The maximum absolute atomic E-state index is 17.8. The predicted molar refractivity (Wildman–Crippen MR) is 249 cm³/mol. The molecule has 3 aromatic carbocycles. The number of methoxy groups -OCH3 is 2. The minimum absolute atomic E-state index is 0.0362. The van der Waals surface area contributed by atoms with Gasteiger partial charge in [0.05, 0.1) is 41.6 Å². The summed E-state index contributed by atoms with van der Waals surface area (Å²) in [5.41, 5.74) is -2.87. The molecule has 1 amide bonds. The molecule has 362 valence electrons. The molecule has 6 heterocycles. The number of ether oxygens (including phenoxy) is 4. The van der Waals surface area contributed by atoms with Crippen LogP contribution >= 0.6 is 11.6 Å². The highest BCUT2D eigenvalue weighted by atomic mass is 35.5. The summed E-state index contributed by atoms with van der Waals surface area (Å²) < 4.78 is 101. The number of aryl methyl sites for hydroxylation is 1. The molecule has 0 unspecified atom stereocenters. The molecule has 0 saturated carbocycles. The van der Waals surface area contributed by atoms with Crippen LogP contribution in [0, 0.1) is 18.2 Å². The number of nitrogens with zero attached hydrogens (tertiary/aromatic N) is 7. The smallest absolute Gasteiger partial charge is 0.418 e. The lowest BCUT2D eigenvalue weighted by atomic mass is 9.79. The molecule has 68 heavy (non-hydrogen) atoms. The first-order valence-electron chi connectivity index (χ1n) is 22.8. The lowest BCUT2D eigenvalue weighted by Gasteiger charge is -2.47. The van der Waals surface area contributed by atoms with E-state index >= 15 is 17.6 Å². The zero-order chi connectivity index (χ0) is 48.3. The van der Waals surface area contributed by atoms with Gasteiger partial charge in [0.2, 0.25) is 0 Å². The number of aromatic nitrogens is 3. The van der Waals surface area contributed by atoms with Crippen molar-refractivity contribution in [1.29, 1.82) is 0 Å². The van der Waals surface area contributed by atoms with Gasteiger partial charge in [-0.25, -0.2) is 18.6 Å². The standard InChI is InChI=1S/C50H55ClF5N7O5/c1-30-20-38(61(23-31-8-12-34(65-5)13-9-31)24-32-10-14-35(66-6)15-11-32)57-43(40(30)50(54,55)56)39-37(51)21-36-42(41(39)53)58-45(67-29-49-16-7-18-63(49)25-33(52)22-49)59-44(36)60-19-17-48(26-60)27-62(28-48)46(64)68-47(2,3)4/h8-15,20-21,33H,7,16-19,22-29H2,1-6H3/t33-,49-/m1/s1. The van der Waals surface area contributed by atoms with E-state index < -0.39 is 52.2 Å². The van der Waals surface area contributed by atoms with Gasteiger partial charge < -0.3 is 33.6 Å². The van der Waals surface area contributed by atoms with E-state index in [0.29, 0.717) is 57.1 Å². The summed E-state index contributed by atoms with van der Waals surface area (Å²) in [6.45, 7) is 9.96. The van der Waals surface area contributed by atoms with E-state index in [1.54, 1.807) is 64.2 Å². The van der Waals surface area contributed by atoms with E-state index in [4.69, 9.17) is 35.5 Å². The summed E-state index contributed by atoms with van der Waals surface area (Å²) in [6.07, 6.45) is -3.93. The average Bonchev–Trinajstić information content (AvgIpc) is 3.97. The molecule has 4 aliphatic rings. The number of hydrogen-bond acceptors (Lipinski definition) is 11. The first-order chi connectivity index (χ1) is 32.3. The van der Waals surface area contributed by atoms with Crippen LogP contribution in [0.1, 0.15) is 68.7 Å². The number of likely N-dealkylation sites (tertiary alicyclic amines) is 1. The Balaban J connectivity index is 1.14. The number of benzene rings is 3. The minimum atomic E-state index is -4.97. The van der Waals surface area contributed by atoms with Crippen LogP contribution in [0.2, 0.25) is 5.02 Å². The normalized spacial score (nSPS) is 20.2. The van der Waals surface area contributed by atoms with Crippen molar-refractivity contribution in [2.45, 2.75) is 90.0 Å². The van der Waals surface area contributed by atoms with Gasteiger partial charge >= 0.3 is 18.3 Å². The van der Waals surface area contributed by atoms with Crippen LogP contribution in [0.5, 0.6) is 17.5 Å². The number of amides is 1. The zero-order valence-corrected chi connectivity index (χ0v) is 39.7. The van der Waals surface area contributed by atoms with Gasteiger partial charge in [-0.2, -0.15) is 23.1 Å². The molecule has 5 aromatic rings. The van der Waals surface area contributed by atoms with Crippen molar-refractivity contribution in [1.82, 2.24) is 24.8 Å². The van der Waals surface area contributed by atoms with Crippen molar-refractivity contribution in [3.8, 4) is 28.8 Å². The van der Waals surface area contributed by atoms with Crippen LogP contribution in [-0.4, -0.2) is 108 Å². The van der Waals surface area contributed by atoms with Gasteiger partial charge in [-0.15, -0.1) is 0 Å². The highest BCUT2D eigenvalue weighted by molar-refractivity contribution is 6.34. The quantitative estimate of drug-likeness (QED) is 0.112. The van der Waals surface area contributed by atoms with Crippen molar-refractivity contribution < 1.29 is 45.7 Å². The van der Waals surface area contributed by atoms with E-state index in [-0.39, 0.29) is 77.2 Å². The lowest BCUT2D eigenvalue weighted by Crippen LogP contribution is -2.60. The van der Waals surface area contributed by atoms with Gasteiger partial charge in [0, 0.05) is 63.0 Å². The molecule has 0 aliphatic carbocycles. The summed E-state index contributed by atoms with van der Waals surface area (Å²) >= 11 is 7.02. The second kappa shape index (κ2) is 18.0. The van der Waals surface area contributed by atoms with Crippen LogP contribution in [0.15, 0.2) is 60.7 Å². The molecular formula is C50H55ClF5N7O5. The number of hydrogen-bond donors (Lipinski definition) is 0. The van der Waals surface area contributed by atoms with E-state index in [0.717, 1.165) is 17.5 Å². The Bertz CT molecular complexity index is 2650. The molecule has 2 atom stereocenters. The van der Waals surface area contributed by atoms with Gasteiger partial charge in [-0.1, -0.05) is 35.9 Å². The van der Waals surface area contributed by atoms with Gasteiger partial charge in [-0.3, -0.25) is 4.90 Å². The molecule has 0 bridgehead atoms. The number of pyridine rings is 1. The summed E-state index contributed by atoms with van der Waals surface area (Å²) in [7, 11) is 3.11. The second-order valence-electron chi connectivity index (χ2n) is 19.7. The van der Waals surface area contributed by atoms with Crippen LogP contribution in [0.25, 0.3) is 22.2 Å². The highest BCUT2D eigenvalue weighted by Gasteiger charge is 2.52. The van der Waals surface area contributed by atoms with Crippen molar-refractivity contribution in [3.63, 3.8) is 0 Å². The van der Waals surface area contributed by atoms with E-state index in [1.165, 1.54) is 19.1 Å². The van der Waals surface area contributed by atoms with Crippen molar-refractivity contribution >= 4 is 40.2 Å². The van der Waals surface area contributed by atoms with Crippen molar-refractivity contribution in [3.05, 3.63) is 93.8 Å². The van der Waals surface area contributed by atoms with E-state index in [2.05, 4.69) is 14.9 Å². The zero-order valence-electron chi connectivity index (χ0n) is 39.0. The third kappa shape index (κ3) is 9.39. The fourth-order valence-corrected chi connectivity index (χ4v) is 10.7. The molecule has 2 aromatic heterocycles. The largest absolute Gasteiger partial charge is 0.497 e. The number of carbonyl (C=O) groups excluding carboxylic acids is 1. The molecule has 0 N–H and O–H groups in total. The summed E-state index contributed by atoms with van der Waals surface area (Å²) in [6, 6.07) is 17.1. The Labute approximate surface area is 397 Å². The number of fused-ring (bicyclic) bond motifs is 2. The molecule has 4 aliphatic heterocycles. The monoisotopic (exact) mass is 963 g/mol. The number of anilines is 2. The topological polar surface area (TPSA) is 106 Å². The molecule has 12 nitrogen and oxygen atoms in total. The fraction of sp³-hybridized carbons (Fsp3) is 0.480. The van der Waals surface area contributed by atoms with Gasteiger partial charge in [0.1, 0.15) is 47.0 Å². The molecular weight excluding hydrogens is 909 g/mol. The summed E-state index contributed by atoms with van der Waals surface area (Å²) in [4.78, 5) is 34.4. The highest BCUT2D eigenvalue weighted by Crippen LogP contribution is 2.48. The average molecular weight is 964 g/mol. The Morgan fingerprint density at radius 3 is 2.15 bits per heavy atom.